The van der Waals surface area contributed by atoms with Crippen LogP contribution in [0, 0.1) is 6.92 Å². The number of rotatable bonds is 8. The standard InChI is InChI=1S/C22H26N4O4/c1-16-7-8-19(29-16)18(26-11-13-28-14-12-26)15-23-20(27)9-10-21-24-25-22(30-21)17-5-3-2-4-6-17/h2-8,18H,9-15H2,1H3,(H,23,27)/t18-/m1/s1. The van der Waals surface area contributed by atoms with E-state index in [-0.39, 0.29) is 18.4 Å². The molecule has 4 rings (SSSR count). The summed E-state index contributed by atoms with van der Waals surface area (Å²) in [4.78, 5) is 14.7. The molecule has 1 aromatic carbocycles. The Morgan fingerprint density at radius 3 is 2.63 bits per heavy atom. The average Bonchev–Trinajstić information content (AvgIpc) is 3.43. The number of hydrogen-bond acceptors (Lipinski definition) is 7. The molecule has 3 heterocycles. The van der Waals surface area contributed by atoms with Crippen molar-refractivity contribution in [3.05, 3.63) is 59.9 Å². The number of carbonyl (C=O) groups excluding carboxylic acids is 1. The summed E-state index contributed by atoms with van der Waals surface area (Å²) in [5, 5.41) is 11.1. The molecule has 8 nitrogen and oxygen atoms in total. The molecule has 1 atom stereocenters. The fourth-order valence-electron chi connectivity index (χ4n) is 3.50. The second kappa shape index (κ2) is 9.69. The van der Waals surface area contributed by atoms with Gasteiger partial charge in [-0.15, -0.1) is 10.2 Å². The number of nitrogens with one attached hydrogen (secondary N) is 1. The van der Waals surface area contributed by atoms with Gasteiger partial charge in [0.2, 0.25) is 17.7 Å². The van der Waals surface area contributed by atoms with Crippen LogP contribution in [0.4, 0.5) is 0 Å². The van der Waals surface area contributed by atoms with E-state index < -0.39 is 0 Å². The number of hydrogen-bond donors (Lipinski definition) is 1. The first-order valence-corrected chi connectivity index (χ1v) is 10.2. The lowest BCUT2D eigenvalue weighted by atomic mass is 10.1. The van der Waals surface area contributed by atoms with Crippen LogP contribution in [0.2, 0.25) is 0 Å². The Labute approximate surface area is 175 Å². The average molecular weight is 410 g/mol. The molecule has 0 radical (unpaired) electrons. The number of nitrogens with zero attached hydrogens (tertiary/aromatic N) is 3. The summed E-state index contributed by atoms with van der Waals surface area (Å²) in [6.45, 7) is 5.39. The van der Waals surface area contributed by atoms with Crippen molar-refractivity contribution < 1.29 is 18.4 Å². The Morgan fingerprint density at radius 2 is 1.90 bits per heavy atom. The number of amides is 1. The normalized spacial score (nSPS) is 15.8. The van der Waals surface area contributed by atoms with Crippen molar-refractivity contribution in [1.82, 2.24) is 20.4 Å². The minimum absolute atomic E-state index is 0.0142. The minimum Gasteiger partial charge on any atom is -0.465 e. The summed E-state index contributed by atoms with van der Waals surface area (Å²) in [7, 11) is 0. The van der Waals surface area contributed by atoms with Gasteiger partial charge in [-0.25, -0.2) is 0 Å². The minimum atomic E-state index is -0.0593. The molecule has 8 heteroatoms. The van der Waals surface area contributed by atoms with Gasteiger partial charge in [-0.1, -0.05) is 18.2 Å². The summed E-state index contributed by atoms with van der Waals surface area (Å²) in [5.41, 5.74) is 0.864. The van der Waals surface area contributed by atoms with Crippen molar-refractivity contribution in [2.75, 3.05) is 32.8 Å². The smallest absolute Gasteiger partial charge is 0.247 e. The maximum Gasteiger partial charge on any atom is 0.247 e. The molecule has 0 unspecified atom stereocenters. The van der Waals surface area contributed by atoms with Gasteiger partial charge in [-0.3, -0.25) is 9.69 Å². The first kappa shape index (κ1) is 20.3. The highest BCUT2D eigenvalue weighted by molar-refractivity contribution is 5.76. The molecular formula is C22H26N4O4. The highest BCUT2D eigenvalue weighted by Crippen LogP contribution is 2.23. The van der Waals surface area contributed by atoms with E-state index >= 15 is 0 Å². The molecule has 1 N–H and O–H groups in total. The summed E-state index contributed by atoms with van der Waals surface area (Å²) in [5.74, 6) is 2.58. The zero-order valence-corrected chi connectivity index (χ0v) is 17.0. The van der Waals surface area contributed by atoms with Crippen molar-refractivity contribution >= 4 is 5.91 Å². The molecule has 2 aromatic heterocycles. The van der Waals surface area contributed by atoms with Crippen molar-refractivity contribution in [2.24, 2.45) is 0 Å². The first-order chi connectivity index (χ1) is 14.7. The lowest BCUT2D eigenvalue weighted by Gasteiger charge is -2.33. The fourth-order valence-corrected chi connectivity index (χ4v) is 3.50. The van der Waals surface area contributed by atoms with Crippen LogP contribution in [-0.2, 0) is 16.0 Å². The van der Waals surface area contributed by atoms with E-state index in [9.17, 15) is 4.79 Å². The molecule has 158 valence electrons. The molecule has 1 amide bonds. The molecule has 1 fully saturated rings. The molecule has 30 heavy (non-hydrogen) atoms. The molecule has 0 aliphatic carbocycles. The molecule has 0 spiro atoms. The molecule has 0 bridgehead atoms. The first-order valence-electron chi connectivity index (χ1n) is 10.2. The Kier molecular flexibility index (Phi) is 6.56. The van der Waals surface area contributed by atoms with Crippen LogP contribution < -0.4 is 5.32 Å². The lowest BCUT2D eigenvalue weighted by Crippen LogP contribution is -2.43. The number of morpholine rings is 1. The molecular weight excluding hydrogens is 384 g/mol. The van der Waals surface area contributed by atoms with Gasteiger partial charge in [-0.2, -0.15) is 0 Å². The summed E-state index contributed by atoms with van der Waals surface area (Å²) in [6, 6.07) is 13.5. The Hall–Kier alpha value is -2.97. The molecule has 1 aliphatic rings. The molecule has 0 saturated carbocycles. The van der Waals surface area contributed by atoms with Gasteiger partial charge in [-0.05, 0) is 31.2 Å². The van der Waals surface area contributed by atoms with Crippen LogP contribution in [0.5, 0.6) is 0 Å². The molecule has 1 saturated heterocycles. The van der Waals surface area contributed by atoms with E-state index in [4.69, 9.17) is 13.6 Å². The lowest BCUT2D eigenvalue weighted by molar-refractivity contribution is -0.121. The van der Waals surface area contributed by atoms with Crippen LogP contribution in [0.15, 0.2) is 51.3 Å². The second-order valence-electron chi connectivity index (χ2n) is 7.28. The number of carbonyl (C=O) groups is 1. The van der Waals surface area contributed by atoms with Crippen molar-refractivity contribution in [2.45, 2.75) is 25.8 Å². The van der Waals surface area contributed by atoms with Crippen molar-refractivity contribution in [3.8, 4) is 11.5 Å². The molecule has 1 aliphatic heterocycles. The maximum atomic E-state index is 12.4. The van der Waals surface area contributed by atoms with Crippen molar-refractivity contribution in [3.63, 3.8) is 0 Å². The number of aromatic nitrogens is 2. The zero-order chi connectivity index (χ0) is 20.8. The van der Waals surface area contributed by atoms with Crippen LogP contribution in [0.25, 0.3) is 11.5 Å². The van der Waals surface area contributed by atoms with Gasteiger partial charge >= 0.3 is 0 Å². The van der Waals surface area contributed by atoms with Gasteiger partial charge < -0.3 is 18.9 Å². The van der Waals surface area contributed by atoms with E-state index in [1.807, 2.05) is 49.4 Å². The highest BCUT2D eigenvalue weighted by atomic mass is 16.5. The number of furan rings is 1. The molecule has 3 aromatic rings. The number of ether oxygens (including phenoxy) is 1. The van der Waals surface area contributed by atoms with E-state index in [0.29, 0.717) is 38.0 Å². The predicted molar refractivity (Wildman–Crippen MR) is 110 cm³/mol. The van der Waals surface area contributed by atoms with Gasteiger partial charge in [0.15, 0.2) is 0 Å². The quantitative estimate of drug-likeness (QED) is 0.610. The van der Waals surface area contributed by atoms with Gasteiger partial charge in [0, 0.05) is 38.0 Å². The van der Waals surface area contributed by atoms with Crippen LogP contribution in [0.1, 0.15) is 29.9 Å². The van der Waals surface area contributed by atoms with Crippen LogP contribution >= 0.6 is 0 Å². The second-order valence-corrected chi connectivity index (χ2v) is 7.28. The van der Waals surface area contributed by atoms with Gasteiger partial charge in [0.05, 0.1) is 19.3 Å². The van der Waals surface area contributed by atoms with E-state index in [1.54, 1.807) is 0 Å². The Balaban J connectivity index is 1.31. The van der Waals surface area contributed by atoms with Crippen LogP contribution in [-0.4, -0.2) is 53.9 Å². The summed E-state index contributed by atoms with van der Waals surface area (Å²) < 4.78 is 17.0. The summed E-state index contributed by atoms with van der Waals surface area (Å²) >= 11 is 0. The Morgan fingerprint density at radius 1 is 1.10 bits per heavy atom. The third kappa shape index (κ3) is 5.14. The van der Waals surface area contributed by atoms with Crippen molar-refractivity contribution in [1.29, 1.82) is 0 Å². The fraction of sp³-hybridized carbons (Fsp3) is 0.409. The van der Waals surface area contributed by atoms with E-state index in [2.05, 4.69) is 20.4 Å². The maximum absolute atomic E-state index is 12.4. The van der Waals surface area contributed by atoms with Gasteiger partial charge in [0.25, 0.3) is 0 Å². The summed E-state index contributed by atoms with van der Waals surface area (Å²) in [6.07, 6.45) is 0.678. The Bertz CT molecular complexity index is 947. The highest BCUT2D eigenvalue weighted by Gasteiger charge is 2.25. The third-order valence-corrected chi connectivity index (χ3v) is 5.12. The largest absolute Gasteiger partial charge is 0.465 e. The predicted octanol–water partition coefficient (Wildman–Crippen LogP) is 2.76. The monoisotopic (exact) mass is 410 g/mol. The number of aryl methyl sites for hydroxylation is 2. The van der Waals surface area contributed by atoms with E-state index in [0.717, 1.165) is 30.2 Å². The third-order valence-electron chi connectivity index (χ3n) is 5.12. The van der Waals surface area contributed by atoms with Gasteiger partial charge in [0.1, 0.15) is 11.5 Å². The SMILES string of the molecule is Cc1ccc([C@@H](CNC(=O)CCc2nnc(-c3ccccc3)o2)N2CCOCC2)o1. The zero-order valence-electron chi connectivity index (χ0n) is 17.0. The van der Waals surface area contributed by atoms with E-state index in [1.165, 1.54) is 0 Å². The topological polar surface area (TPSA) is 93.6 Å². The van der Waals surface area contributed by atoms with Crippen LogP contribution in [0.3, 0.4) is 0 Å². The number of benzene rings is 1.